The molecule has 2 amide bonds. The Hall–Kier alpha value is -1.30. The molecule has 166 valence electrons. The van der Waals surface area contributed by atoms with Crippen LogP contribution in [0.25, 0.3) is 0 Å². The molecule has 0 aliphatic rings. The third kappa shape index (κ3) is 21.0. The molecule has 28 heavy (non-hydrogen) atoms. The highest BCUT2D eigenvalue weighted by molar-refractivity contribution is 5.78. The SMILES string of the molecule is NCCCOCCOCCOCCCNC(=O)CCCC(=O)NCCCON. The molecule has 10 nitrogen and oxygen atoms in total. The van der Waals surface area contributed by atoms with Gasteiger partial charge in [0, 0.05) is 39.1 Å². The lowest BCUT2D eigenvalue weighted by molar-refractivity contribution is -0.122. The zero-order valence-corrected chi connectivity index (χ0v) is 16.9. The Labute approximate surface area is 167 Å². The van der Waals surface area contributed by atoms with Gasteiger partial charge in [-0.25, -0.2) is 5.90 Å². The maximum absolute atomic E-state index is 11.7. The molecule has 0 fully saturated rings. The van der Waals surface area contributed by atoms with Crippen molar-refractivity contribution < 1.29 is 28.6 Å². The van der Waals surface area contributed by atoms with Crippen LogP contribution in [0.1, 0.15) is 38.5 Å². The number of hydrogen-bond donors (Lipinski definition) is 4. The molecule has 0 unspecified atom stereocenters. The predicted molar refractivity (Wildman–Crippen MR) is 105 cm³/mol. The van der Waals surface area contributed by atoms with Crippen LogP contribution in [0.15, 0.2) is 0 Å². The van der Waals surface area contributed by atoms with Gasteiger partial charge in [-0.2, -0.15) is 0 Å². The number of ether oxygens (including phenoxy) is 3. The van der Waals surface area contributed by atoms with Gasteiger partial charge in [-0.15, -0.1) is 0 Å². The van der Waals surface area contributed by atoms with Gasteiger partial charge in [-0.3, -0.25) is 9.59 Å². The van der Waals surface area contributed by atoms with Crippen molar-refractivity contribution in [1.82, 2.24) is 10.6 Å². The molecule has 0 aromatic heterocycles. The molecule has 0 aliphatic carbocycles. The van der Waals surface area contributed by atoms with Crippen molar-refractivity contribution in [3.05, 3.63) is 0 Å². The van der Waals surface area contributed by atoms with Gasteiger partial charge in [0.15, 0.2) is 0 Å². The Kier molecular flexibility index (Phi) is 21.0. The molecule has 0 heterocycles. The number of hydrogen-bond acceptors (Lipinski definition) is 8. The lowest BCUT2D eigenvalue weighted by Gasteiger charge is -2.08. The van der Waals surface area contributed by atoms with Crippen LogP contribution in [0.2, 0.25) is 0 Å². The molecule has 0 rings (SSSR count). The highest BCUT2D eigenvalue weighted by Gasteiger charge is 2.04. The van der Waals surface area contributed by atoms with Gasteiger partial charge in [0.2, 0.25) is 11.8 Å². The third-order valence-electron chi connectivity index (χ3n) is 3.59. The van der Waals surface area contributed by atoms with Crippen LogP contribution in [-0.4, -0.2) is 77.7 Å². The van der Waals surface area contributed by atoms with Crippen LogP contribution in [0.4, 0.5) is 0 Å². The summed E-state index contributed by atoms with van der Waals surface area (Å²) in [4.78, 5) is 27.6. The van der Waals surface area contributed by atoms with E-state index in [1.54, 1.807) is 0 Å². The monoisotopic (exact) mass is 406 g/mol. The summed E-state index contributed by atoms with van der Waals surface area (Å²) < 4.78 is 16.1. The van der Waals surface area contributed by atoms with Crippen molar-refractivity contribution in [1.29, 1.82) is 0 Å². The maximum atomic E-state index is 11.7. The summed E-state index contributed by atoms with van der Waals surface area (Å²) >= 11 is 0. The Morgan fingerprint density at radius 1 is 0.643 bits per heavy atom. The zero-order valence-electron chi connectivity index (χ0n) is 16.9. The van der Waals surface area contributed by atoms with E-state index in [0.717, 1.165) is 12.8 Å². The van der Waals surface area contributed by atoms with Crippen LogP contribution in [-0.2, 0) is 28.6 Å². The van der Waals surface area contributed by atoms with Gasteiger partial charge >= 0.3 is 0 Å². The number of rotatable bonds is 21. The lowest BCUT2D eigenvalue weighted by Crippen LogP contribution is -2.27. The largest absolute Gasteiger partial charge is 0.379 e. The molecule has 0 saturated carbocycles. The smallest absolute Gasteiger partial charge is 0.220 e. The second-order valence-electron chi connectivity index (χ2n) is 6.11. The van der Waals surface area contributed by atoms with Gasteiger partial charge in [0.25, 0.3) is 0 Å². The normalized spacial score (nSPS) is 10.8. The second-order valence-corrected chi connectivity index (χ2v) is 6.11. The number of nitrogens with one attached hydrogen (secondary N) is 2. The number of nitrogens with two attached hydrogens (primary N) is 2. The number of amides is 2. The van der Waals surface area contributed by atoms with E-state index in [0.29, 0.717) is 91.6 Å². The fourth-order valence-corrected chi connectivity index (χ4v) is 2.10. The summed E-state index contributed by atoms with van der Waals surface area (Å²) in [6.45, 7) is 5.50. The van der Waals surface area contributed by atoms with Crippen molar-refractivity contribution in [2.24, 2.45) is 11.6 Å². The summed E-state index contributed by atoms with van der Waals surface area (Å²) in [5.41, 5.74) is 5.36. The summed E-state index contributed by atoms with van der Waals surface area (Å²) in [6, 6.07) is 0. The first kappa shape index (κ1) is 26.7. The second kappa shape index (κ2) is 22.0. The zero-order chi connectivity index (χ0) is 20.7. The van der Waals surface area contributed by atoms with E-state index in [-0.39, 0.29) is 11.8 Å². The molecule has 0 atom stereocenters. The van der Waals surface area contributed by atoms with Gasteiger partial charge < -0.3 is 35.4 Å². The fraction of sp³-hybridized carbons (Fsp3) is 0.889. The van der Waals surface area contributed by atoms with Crippen molar-refractivity contribution in [3.8, 4) is 0 Å². The molecule has 0 radical (unpaired) electrons. The highest BCUT2D eigenvalue weighted by atomic mass is 16.6. The number of carbonyl (C=O) groups excluding carboxylic acids is 2. The van der Waals surface area contributed by atoms with Crippen molar-refractivity contribution in [3.63, 3.8) is 0 Å². The molecular weight excluding hydrogens is 368 g/mol. The highest BCUT2D eigenvalue weighted by Crippen LogP contribution is 1.96. The van der Waals surface area contributed by atoms with Crippen LogP contribution < -0.4 is 22.3 Å². The molecule has 0 aromatic rings. The molecule has 0 aromatic carbocycles. The third-order valence-corrected chi connectivity index (χ3v) is 3.59. The van der Waals surface area contributed by atoms with Gasteiger partial charge in [0.05, 0.1) is 33.0 Å². The quantitative estimate of drug-likeness (QED) is 0.147. The first-order chi connectivity index (χ1) is 13.7. The summed E-state index contributed by atoms with van der Waals surface area (Å²) in [5.74, 6) is 4.77. The van der Waals surface area contributed by atoms with E-state index in [2.05, 4.69) is 15.5 Å². The molecule has 0 spiro atoms. The standard InChI is InChI=1S/C18H38N4O6/c19-7-2-10-25-13-15-27-16-14-26-11-3-8-21-17(23)5-1-6-18(24)22-9-4-12-28-20/h1-16,19-20H2,(H,21,23)(H,22,24). The van der Waals surface area contributed by atoms with E-state index in [4.69, 9.17) is 25.8 Å². The minimum atomic E-state index is -0.0671. The topological polar surface area (TPSA) is 147 Å². The van der Waals surface area contributed by atoms with E-state index in [1.165, 1.54) is 0 Å². The Morgan fingerprint density at radius 3 is 1.61 bits per heavy atom. The molecule has 0 aliphatic heterocycles. The maximum Gasteiger partial charge on any atom is 0.220 e. The van der Waals surface area contributed by atoms with Gasteiger partial charge in [-0.05, 0) is 32.2 Å². The predicted octanol–water partition coefficient (Wildman–Crippen LogP) is -0.542. The van der Waals surface area contributed by atoms with Crippen LogP contribution in [0.5, 0.6) is 0 Å². The van der Waals surface area contributed by atoms with Crippen LogP contribution in [0, 0.1) is 0 Å². The average Bonchev–Trinajstić information content (AvgIpc) is 2.69. The molecule has 6 N–H and O–H groups in total. The summed E-state index contributed by atoms with van der Waals surface area (Å²) in [5, 5.41) is 5.56. The Bertz CT molecular complexity index is 374. The minimum absolute atomic E-state index is 0.0534. The fourth-order valence-electron chi connectivity index (χ4n) is 2.10. The summed E-state index contributed by atoms with van der Waals surface area (Å²) in [6.07, 6.45) is 3.45. The average molecular weight is 407 g/mol. The molecular formula is C18H38N4O6. The van der Waals surface area contributed by atoms with E-state index >= 15 is 0 Å². The molecule has 10 heteroatoms. The molecule has 0 bridgehead atoms. The Balaban J connectivity index is 3.25. The van der Waals surface area contributed by atoms with E-state index < -0.39 is 0 Å². The van der Waals surface area contributed by atoms with Crippen LogP contribution in [0.3, 0.4) is 0 Å². The molecule has 0 saturated heterocycles. The van der Waals surface area contributed by atoms with Crippen molar-refractivity contribution in [2.45, 2.75) is 38.5 Å². The van der Waals surface area contributed by atoms with Crippen molar-refractivity contribution >= 4 is 11.8 Å². The van der Waals surface area contributed by atoms with E-state index in [9.17, 15) is 9.59 Å². The first-order valence-corrected chi connectivity index (χ1v) is 9.99. The van der Waals surface area contributed by atoms with Gasteiger partial charge in [0.1, 0.15) is 0 Å². The summed E-state index contributed by atoms with van der Waals surface area (Å²) in [7, 11) is 0. The lowest BCUT2D eigenvalue weighted by atomic mass is 10.2. The number of carbonyl (C=O) groups is 2. The van der Waals surface area contributed by atoms with Crippen molar-refractivity contribution in [2.75, 3.05) is 65.9 Å². The first-order valence-electron chi connectivity index (χ1n) is 9.99. The van der Waals surface area contributed by atoms with E-state index in [1.807, 2.05) is 0 Å². The van der Waals surface area contributed by atoms with Gasteiger partial charge in [-0.1, -0.05) is 0 Å². The Morgan fingerprint density at radius 2 is 1.11 bits per heavy atom. The minimum Gasteiger partial charge on any atom is -0.379 e. The van der Waals surface area contributed by atoms with Crippen LogP contribution >= 0.6 is 0 Å².